The second kappa shape index (κ2) is 6.62. The highest BCUT2D eigenvalue weighted by molar-refractivity contribution is 5.41. The van der Waals surface area contributed by atoms with Gasteiger partial charge in [-0.15, -0.1) is 0 Å². The molecule has 0 amide bonds. The molecule has 2 aliphatic rings. The molecular formula is C18H27NO. The molecule has 2 atom stereocenters. The largest absolute Gasteiger partial charge is 0.493 e. The molecule has 1 saturated carbocycles. The standard InChI is InChI=1S/C18H27NO/c1-2-10-19-13-16-5-3-4-6-17(16)14-7-8-18-15(12-14)9-11-20-18/h7-8,12,16-17,19H,2-6,9-11,13H2,1H3. The fraction of sp³-hybridized carbons (Fsp3) is 0.667. The van der Waals surface area contributed by atoms with Crippen LogP contribution < -0.4 is 10.1 Å². The third-order valence-corrected chi connectivity index (χ3v) is 4.88. The van der Waals surface area contributed by atoms with E-state index in [1.54, 1.807) is 5.56 Å². The molecule has 0 aromatic heterocycles. The van der Waals surface area contributed by atoms with Gasteiger partial charge >= 0.3 is 0 Å². The van der Waals surface area contributed by atoms with Crippen molar-refractivity contribution >= 4 is 0 Å². The second-order valence-corrected chi connectivity index (χ2v) is 6.32. The zero-order chi connectivity index (χ0) is 13.8. The molecule has 0 spiro atoms. The lowest BCUT2D eigenvalue weighted by molar-refractivity contribution is 0.296. The first kappa shape index (κ1) is 13.9. The molecule has 1 fully saturated rings. The number of hydrogen-bond acceptors (Lipinski definition) is 2. The quantitative estimate of drug-likeness (QED) is 0.822. The number of nitrogens with one attached hydrogen (secondary N) is 1. The Labute approximate surface area is 122 Å². The Hall–Kier alpha value is -1.02. The Morgan fingerprint density at radius 1 is 1.25 bits per heavy atom. The molecule has 20 heavy (non-hydrogen) atoms. The molecule has 3 rings (SSSR count). The van der Waals surface area contributed by atoms with E-state index in [-0.39, 0.29) is 0 Å². The van der Waals surface area contributed by atoms with Crippen molar-refractivity contribution in [1.82, 2.24) is 5.32 Å². The van der Waals surface area contributed by atoms with Crippen LogP contribution >= 0.6 is 0 Å². The summed E-state index contributed by atoms with van der Waals surface area (Å²) >= 11 is 0. The van der Waals surface area contributed by atoms with E-state index in [0.29, 0.717) is 0 Å². The highest BCUT2D eigenvalue weighted by Crippen LogP contribution is 2.39. The van der Waals surface area contributed by atoms with Crippen molar-refractivity contribution in [3.63, 3.8) is 0 Å². The van der Waals surface area contributed by atoms with Crippen molar-refractivity contribution in [3.05, 3.63) is 29.3 Å². The molecule has 1 heterocycles. The van der Waals surface area contributed by atoms with Crippen LogP contribution in [0.4, 0.5) is 0 Å². The average Bonchev–Trinajstić information content (AvgIpc) is 2.95. The van der Waals surface area contributed by atoms with Crippen molar-refractivity contribution in [2.45, 2.75) is 51.4 Å². The summed E-state index contributed by atoms with van der Waals surface area (Å²) in [6.45, 7) is 5.45. The minimum atomic E-state index is 0.749. The minimum Gasteiger partial charge on any atom is -0.493 e. The number of hydrogen-bond donors (Lipinski definition) is 1. The Morgan fingerprint density at radius 3 is 3.05 bits per heavy atom. The van der Waals surface area contributed by atoms with Crippen LogP contribution in [0.25, 0.3) is 0 Å². The molecule has 0 bridgehead atoms. The zero-order valence-corrected chi connectivity index (χ0v) is 12.7. The van der Waals surface area contributed by atoms with Crippen molar-refractivity contribution in [1.29, 1.82) is 0 Å². The van der Waals surface area contributed by atoms with Gasteiger partial charge in [-0.05, 0) is 61.4 Å². The maximum absolute atomic E-state index is 5.63. The molecule has 0 radical (unpaired) electrons. The van der Waals surface area contributed by atoms with Gasteiger partial charge in [-0.1, -0.05) is 31.9 Å². The van der Waals surface area contributed by atoms with Crippen molar-refractivity contribution in [3.8, 4) is 5.75 Å². The second-order valence-electron chi connectivity index (χ2n) is 6.32. The summed E-state index contributed by atoms with van der Waals surface area (Å²) in [6, 6.07) is 6.93. The minimum absolute atomic E-state index is 0.749. The van der Waals surface area contributed by atoms with E-state index in [0.717, 1.165) is 37.2 Å². The maximum Gasteiger partial charge on any atom is 0.122 e. The molecule has 2 unspecified atom stereocenters. The molecule has 1 aromatic rings. The Balaban J connectivity index is 1.72. The van der Waals surface area contributed by atoms with Gasteiger partial charge in [0.15, 0.2) is 0 Å². The number of benzene rings is 1. The van der Waals surface area contributed by atoms with E-state index in [1.165, 1.54) is 44.2 Å². The van der Waals surface area contributed by atoms with Crippen LogP contribution in [-0.4, -0.2) is 19.7 Å². The Morgan fingerprint density at radius 2 is 2.15 bits per heavy atom. The van der Waals surface area contributed by atoms with E-state index in [1.807, 2.05) is 0 Å². The molecule has 1 aromatic carbocycles. The lowest BCUT2D eigenvalue weighted by atomic mass is 9.75. The topological polar surface area (TPSA) is 21.3 Å². The van der Waals surface area contributed by atoms with Gasteiger partial charge in [0.1, 0.15) is 5.75 Å². The smallest absolute Gasteiger partial charge is 0.122 e. The van der Waals surface area contributed by atoms with Crippen LogP contribution in [0, 0.1) is 5.92 Å². The van der Waals surface area contributed by atoms with E-state index in [9.17, 15) is 0 Å². The van der Waals surface area contributed by atoms with E-state index < -0.39 is 0 Å². The molecular weight excluding hydrogens is 246 g/mol. The average molecular weight is 273 g/mol. The van der Waals surface area contributed by atoms with Gasteiger partial charge in [-0.25, -0.2) is 0 Å². The normalized spacial score (nSPS) is 25.2. The SMILES string of the molecule is CCCNCC1CCCCC1c1ccc2c(c1)CCO2. The molecule has 2 nitrogen and oxygen atoms in total. The summed E-state index contributed by atoms with van der Waals surface area (Å²) in [5.74, 6) is 2.68. The number of rotatable bonds is 5. The molecule has 1 aliphatic heterocycles. The maximum atomic E-state index is 5.63. The molecule has 2 heteroatoms. The van der Waals surface area contributed by atoms with Gasteiger partial charge in [0.05, 0.1) is 6.61 Å². The summed E-state index contributed by atoms with van der Waals surface area (Å²) in [5, 5.41) is 3.63. The monoisotopic (exact) mass is 273 g/mol. The molecule has 0 saturated heterocycles. The zero-order valence-electron chi connectivity index (χ0n) is 12.7. The lowest BCUT2D eigenvalue weighted by Gasteiger charge is -2.32. The van der Waals surface area contributed by atoms with Crippen molar-refractivity contribution < 1.29 is 4.74 Å². The summed E-state index contributed by atoms with van der Waals surface area (Å²) in [5.41, 5.74) is 2.98. The van der Waals surface area contributed by atoms with Gasteiger partial charge in [-0.3, -0.25) is 0 Å². The Kier molecular flexibility index (Phi) is 4.62. The fourth-order valence-electron chi connectivity index (χ4n) is 3.79. The summed E-state index contributed by atoms with van der Waals surface area (Å²) in [6.07, 6.45) is 7.86. The van der Waals surface area contributed by atoms with Gasteiger partial charge < -0.3 is 10.1 Å². The van der Waals surface area contributed by atoms with Gasteiger partial charge in [0.2, 0.25) is 0 Å². The number of ether oxygens (including phenoxy) is 1. The lowest BCUT2D eigenvalue weighted by Crippen LogP contribution is -2.30. The van der Waals surface area contributed by atoms with Crippen LogP contribution in [0.15, 0.2) is 18.2 Å². The molecule has 1 N–H and O–H groups in total. The molecule has 110 valence electrons. The fourth-order valence-corrected chi connectivity index (χ4v) is 3.79. The van der Waals surface area contributed by atoms with Crippen molar-refractivity contribution in [2.24, 2.45) is 5.92 Å². The summed E-state index contributed by atoms with van der Waals surface area (Å²) in [4.78, 5) is 0. The highest BCUT2D eigenvalue weighted by Gasteiger charge is 2.27. The first-order valence-corrected chi connectivity index (χ1v) is 8.35. The Bertz CT molecular complexity index is 443. The van der Waals surface area contributed by atoms with Crippen LogP contribution in [0.3, 0.4) is 0 Å². The van der Waals surface area contributed by atoms with Crippen LogP contribution in [-0.2, 0) is 6.42 Å². The summed E-state index contributed by atoms with van der Waals surface area (Å²) < 4.78 is 5.63. The highest BCUT2D eigenvalue weighted by atomic mass is 16.5. The van der Waals surface area contributed by atoms with Gasteiger partial charge in [0, 0.05) is 6.42 Å². The third-order valence-electron chi connectivity index (χ3n) is 4.88. The van der Waals surface area contributed by atoms with E-state index in [2.05, 4.69) is 30.4 Å². The number of fused-ring (bicyclic) bond motifs is 1. The van der Waals surface area contributed by atoms with Gasteiger partial charge in [-0.2, -0.15) is 0 Å². The predicted molar refractivity (Wildman–Crippen MR) is 83.5 cm³/mol. The molecule has 1 aliphatic carbocycles. The van der Waals surface area contributed by atoms with Crippen molar-refractivity contribution in [2.75, 3.05) is 19.7 Å². The van der Waals surface area contributed by atoms with E-state index in [4.69, 9.17) is 4.74 Å². The first-order chi connectivity index (χ1) is 9.88. The third kappa shape index (κ3) is 3.01. The van der Waals surface area contributed by atoms with E-state index >= 15 is 0 Å². The van der Waals surface area contributed by atoms with Gasteiger partial charge in [0.25, 0.3) is 0 Å². The summed E-state index contributed by atoms with van der Waals surface area (Å²) in [7, 11) is 0. The van der Waals surface area contributed by atoms with Crippen LogP contribution in [0.2, 0.25) is 0 Å². The predicted octanol–water partition coefficient (Wildman–Crippen LogP) is 3.89. The van der Waals surface area contributed by atoms with Crippen LogP contribution in [0.5, 0.6) is 5.75 Å². The van der Waals surface area contributed by atoms with Crippen LogP contribution in [0.1, 0.15) is 56.1 Å². The first-order valence-electron chi connectivity index (χ1n) is 8.35.